The fourth-order valence-corrected chi connectivity index (χ4v) is 2.83. The minimum absolute atomic E-state index is 0.841. The highest BCUT2D eigenvalue weighted by atomic mass is 35.5. The number of benzene rings is 1. The summed E-state index contributed by atoms with van der Waals surface area (Å²) in [4.78, 5) is 3.21. The van der Waals surface area contributed by atoms with E-state index in [4.69, 9.17) is 11.6 Å². The third-order valence-corrected chi connectivity index (χ3v) is 3.59. The third-order valence-electron chi connectivity index (χ3n) is 2.22. The van der Waals surface area contributed by atoms with Crippen molar-refractivity contribution in [2.45, 2.75) is 0 Å². The lowest BCUT2D eigenvalue weighted by Crippen LogP contribution is -1.69. The molecule has 2 heterocycles. The molecule has 0 aliphatic heterocycles. The monoisotopic (exact) mass is 207 g/mol. The van der Waals surface area contributed by atoms with Crippen LogP contribution in [0.3, 0.4) is 0 Å². The summed E-state index contributed by atoms with van der Waals surface area (Å²) in [5.74, 6) is 0. The maximum atomic E-state index is 6.10. The minimum Gasteiger partial charge on any atom is -0.361 e. The van der Waals surface area contributed by atoms with Gasteiger partial charge in [0.25, 0.3) is 0 Å². The summed E-state index contributed by atoms with van der Waals surface area (Å²) in [5, 5.41) is 5.18. The number of rotatable bonds is 0. The van der Waals surface area contributed by atoms with Crippen LogP contribution in [0.1, 0.15) is 0 Å². The molecule has 0 saturated heterocycles. The van der Waals surface area contributed by atoms with Crippen LogP contribution in [-0.2, 0) is 0 Å². The quantitative estimate of drug-likeness (QED) is 0.573. The van der Waals surface area contributed by atoms with Gasteiger partial charge in [-0.25, -0.2) is 0 Å². The number of thiophene rings is 1. The lowest BCUT2D eigenvalue weighted by molar-refractivity contribution is 1.49. The summed E-state index contributed by atoms with van der Waals surface area (Å²) in [5.41, 5.74) is 1.14. The van der Waals surface area contributed by atoms with Crippen molar-refractivity contribution < 1.29 is 0 Å². The number of hydrogen-bond donors (Lipinski definition) is 1. The van der Waals surface area contributed by atoms with Gasteiger partial charge in [0.1, 0.15) is 0 Å². The maximum Gasteiger partial charge on any atom is 0.0612 e. The zero-order valence-electron chi connectivity index (χ0n) is 6.67. The topological polar surface area (TPSA) is 15.8 Å². The third kappa shape index (κ3) is 0.929. The van der Waals surface area contributed by atoms with Gasteiger partial charge >= 0.3 is 0 Å². The van der Waals surface area contributed by atoms with Crippen molar-refractivity contribution in [2.24, 2.45) is 0 Å². The van der Waals surface area contributed by atoms with Crippen molar-refractivity contribution in [3.63, 3.8) is 0 Å². The number of H-pyrrole nitrogens is 1. The second-order valence-corrected chi connectivity index (χ2v) is 4.28. The molecular weight excluding hydrogens is 202 g/mol. The predicted molar refractivity (Wildman–Crippen MR) is 58.7 cm³/mol. The van der Waals surface area contributed by atoms with E-state index >= 15 is 0 Å². The van der Waals surface area contributed by atoms with Gasteiger partial charge in [-0.15, -0.1) is 11.3 Å². The SMILES string of the molecule is Clc1csc2ccc3cc[nH]c3c12. The average Bonchev–Trinajstić information content (AvgIpc) is 2.70. The molecule has 1 aromatic carbocycles. The molecule has 0 aliphatic rings. The van der Waals surface area contributed by atoms with Crippen LogP contribution in [0.25, 0.3) is 21.0 Å². The van der Waals surface area contributed by atoms with Crippen LogP contribution in [0.2, 0.25) is 5.02 Å². The lowest BCUT2D eigenvalue weighted by Gasteiger charge is -1.93. The smallest absolute Gasteiger partial charge is 0.0612 e. The molecule has 0 spiro atoms. The second kappa shape index (κ2) is 2.50. The Hall–Kier alpha value is -0.990. The van der Waals surface area contributed by atoms with E-state index in [1.807, 2.05) is 11.6 Å². The molecule has 3 heteroatoms. The van der Waals surface area contributed by atoms with Gasteiger partial charge in [0.05, 0.1) is 10.5 Å². The Balaban J connectivity index is 2.70. The molecule has 64 valence electrons. The van der Waals surface area contributed by atoms with Crippen molar-refractivity contribution in [2.75, 3.05) is 0 Å². The Morgan fingerprint density at radius 2 is 2.15 bits per heavy atom. The number of hydrogen-bond acceptors (Lipinski definition) is 1. The fraction of sp³-hybridized carbons (Fsp3) is 0. The number of fused-ring (bicyclic) bond motifs is 3. The van der Waals surface area contributed by atoms with E-state index in [2.05, 4.69) is 23.2 Å². The van der Waals surface area contributed by atoms with Gasteiger partial charge in [0.15, 0.2) is 0 Å². The molecule has 1 nitrogen and oxygen atoms in total. The molecule has 1 N–H and O–H groups in total. The van der Waals surface area contributed by atoms with Crippen LogP contribution < -0.4 is 0 Å². The van der Waals surface area contributed by atoms with Crippen molar-refractivity contribution in [3.8, 4) is 0 Å². The molecule has 2 aromatic heterocycles. The highest BCUT2D eigenvalue weighted by molar-refractivity contribution is 7.18. The van der Waals surface area contributed by atoms with Gasteiger partial charge in [-0.3, -0.25) is 0 Å². The van der Waals surface area contributed by atoms with Crippen LogP contribution in [0.4, 0.5) is 0 Å². The van der Waals surface area contributed by atoms with E-state index in [1.165, 1.54) is 10.1 Å². The van der Waals surface area contributed by atoms with E-state index in [0.29, 0.717) is 0 Å². The van der Waals surface area contributed by atoms with Crippen molar-refractivity contribution in [3.05, 3.63) is 34.8 Å². The Labute approximate surface area is 83.9 Å². The molecule has 0 radical (unpaired) electrons. The summed E-state index contributed by atoms with van der Waals surface area (Å²) in [6.07, 6.45) is 1.94. The van der Waals surface area contributed by atoms with Crippen LogP contribution >= 0.6 is 22.9 Å². The largest absolute Gasteiger partial charge is 0.361 e. The summed E-state index contributed by atoms with van der Waals surface area (Å²) >= 11 is 7.78. The number of halogens is 1. The average molecular weight is 208 g/mol. The molecule has 3 aromatic rings. The van der Waals surface area contributed by atoms with Crippen molar-refractivity contribution in [1.29, 1.82) is 0 Å². The van der Waals surface area contributed by atoms with Gasteiger partial charge in [0, 0.05) is 27.0 Å². The number of nitrogens with one attached hydrogen (secondary N) is 1. The highest BCUT2D eigenvalue weighted by Crippen LogP contribution is 2.34. The van der Waals surface area contributed by atoms with E-state index in [-0.39, 0.29) is 0 Å². The van der Waals surface area contributed by atoms with E-state index < -0.39 is 0 Å². The standard InChI is InChI=1S/C10H6ClNS/c11-7-5-13-8-2-1-6-3-4-12-10(6)9(7)8/h1-5,12H. The van der Waals surface area contributed by atoms with Gasteiger partial charge in [-0.05, 0) is 12.1 Å². The van der Waals surface area contributed by atoms with Gasteiger partial charge in [0.2, 0.25) is 0 Å². The zero-order valence-corrected chi connectivity index (χ0v) is 8.25. The predicted octanol–water partition coefficient (Wildman–Crippen LogP) is 4.04. The lowest BCUT2D eigenvalue weighted by atomic mass is 10.2. The molecule has 0 aliphatic carbocycles. The fourth-order valence-electron chi connectivity index (χ4n) is 1.62. The van der Waals surface area contributed by atoms with E-state index in [9.17, 15) is 0 Å². The Morgan fingerprint density at radius 1 is 1.23 bits per heavy atom. The number of aromatic nitrogens is 1. The molecule has 13 heavy (non-hydrogen) atoms. The number of aromatic amines is 1. The second-order valence-electron chi connectivity index (χ2n) is 2.96. The van der Waals surface area contributed by atoms with E-state index in [0.717, 1.165) is 15.9 Å². The molecule has 0 bridgehead atoms. The molecule has 0 saturated carbocycles. The van der Waals surface area contributed by atoms with Crippen molar-refractivity contribution >= 4 is 43.9 Å². The zero-order chi connectivity index (χ0) is 8.84. The molecule has 0 unspecified atom stereocenters. The summed E-state index contributed by atoms with van der Waals surface area (Å²) < 4.78 is 1.24. The first kappa shape index (κ1) is 7.42. The maximum absolute atomic E-state index is 6.10. The normalized spacial score (nSPS) is 11.5. The Bertz CT molecular complexity index is 579. The van der Waals surface area contributed by atoms with Crippen LogP contribution in [-0.4, -0.2) is 4.98 Å². The van der Waals surface area contributed by atoms with Crippen LogP contribution in [0, 0.1) is 0 Å². The Kier molecular flexibility index (Phi) is 1.43. The summed E-state index contributed by atoms with van der Waals surface area (Å²) in [6, 6.07) is 6.28. The Morgan fingerprint density at radius 3 is 3.08 bits per heavy atom. The molecular formula is C10H6ClNS. The summed E-state index contributed by atoms with van der Waals surface area (Å²) in [7, 11) is 0. The first-order chi connectivity index (χ1) is 6.36. The summed E-state index contributed by atoms with van der Waals surface area (Å²) in [6.45, 7) is 0. The molecule has 0 atom stereocenters. The first-order valence-corrected chi connectivity index (χ1v) is 5.25. The van der Waals surface area contributed by atoms with Crippen molar-refractivity contribution in [1.82, 2.24) is 4.98 Å². The molecule has 0 amide bonds. The molecule has 3 rings (SSSR count). The van der Waals surface area contributed by atoms with Gasteiger partial charge in [-0.2, -0.15) is 0 Å². The van der Waals surface area contributed by atoms with Gasteiger partial charge < -0.3 is 4.98 Å². The van der Waals surface area contributed by atoms with Gasteiger partial charge in [-0.1, -0.05) is 17.7 Å². The van der Waals surface area contributed by atoms with Crippen LogP contribution in [0.5, 0.6) is 0 Å². The molecule has 0 fully saturated rings. The minimum atomic E-state index is 0.841. The first-order valence-electron chi connectivity index (χ1n) is 3.99. The van der Waals surface area contributed by atoms with Crippen LogP contribution in [0.15, 0.2) is 29.8 Å². The van der Waals surface area contributed by atoms with E-state index in [1.54, 1.807) is 11.3 Å². The highest BCUT2D eigenvalue weighted by Gasteiger charge is 2.06.